The fraction of sp³-hybridized carbons (Fsp3) is 0.562. The van der Waals surface area contributed by atoms with Crippen LogP contribution in [-0.4, -0.2) is 42.5 Å². The standard InChI is InChI=1S/C16H25N3O/c1-12-6-5-7-14(13(12)2)18-15(20)10-19-9-8-17-11-16(19,3)4/h5-7,17H,8-11H2,1-4H3,(H,18,20). The number of amides is 1. The van der Waals surface area contributed by atoms with Crippen molar-refractivity contribution in [2.75, 3.05) is 31.5 Å². The largest absolute Gasteiger partial charge is 0.325 e. The van der Waals surface area contributed by atoms with Crippen molar-refractivity contribution in [3.05, 3.63) is 29.3 Å². The molecule has 0 atom stereocenters. The monoisotopic (exact) mass is 275 g/mol. The highest BCUT2D eigenvalue weighted by atomic mass is 16.2. The summed E-state index contributed by atoms with van der Waals surface area (Å²) < 4.78 is 0. The molecular weight excluding hydrogens is 250 g/mol. The summed E-state index contributed by atoms with van der Waals surface area (Å²) in [4.78, 5) is 14.5. The van der Waals surface area contributed by atoms with Gasteiger partial charge in [-0.15, -0.1) is 0 Å². The smallest absolute Gasteiger partial charge is 0.238 e. The summed E-state index contributed by atoms with van der Waals surface area (Å²) in [7, 11) is 0. The molecular formula is C16H25N3O. The summed E-state index contributed by atoms with van der Waals surface area (Å²) in [6, 6.07) is 6.00. The molecule has 1 aliphatic rings. The second kappa shape index (κ2) is 5.94. The van der Waals surface area contributed by atoms with Crippen molar-refractivity contribution < 1.29 is 4.79 Å². The number of piperazine rings is 1. The Balaban J connectivity index is 2.00. The summed E-state index contributed by atoms with van der Waals surface area (Å²) >= 11 is 0. The van der Waals surface area contributed by atoms with Gasteiger partial charge in [-0.3, -0.25) is 9.69 Å². The number of nitrogens with one attached hydrogen (secondary N) is 2. The molecule has 0 bridgehead atoms. The van der Waals surface area contributed by atoms with Gasteiger partial charge in [0.25, 0.3) is 0 Å². The van der Waals surface area contributed by atoms with Crippen LogP contribution in [0.3, 0.4) is 0 Å². The minimum Gasteiger partial charge on any atom is -0.325 e. The van der Waals surface area contributed by atoms with Gasteiger partial charge in [-0.1, -0.05) is 12.1 Å². The number of hydrogen-bond donors (Lipinski definition) is 2. The van der Waals surface area contributed by atoms with E-state index in [1.165, 1.54) is 5.56 Å². The van der Waals surface area contributed by atoms with E-state index in [2.05, 4.69) is 42.4 Å². The molecule has 2 rings (SSSR count). The Morgan fingerprint density at radius 2 is 2.15 bits per heavy atom. The zero-order chi connectivity index (χ0) is 14.8. The number of aryl methyl sites for hydroxylation is 1. The quantitative estimate of drug-likeness (QED) is 0.886. The maximum absolute atomic E-state index is 12.3. The highest BCUT2D eigenvalue weighted by Gasteiger charge is 2.30. The van der Waals surface area contributed by atoms with E-state index in [9.17, 15) is 4.79 Å². The van der Waals surface area contributed by atoms with Gasteiger partial charge in [-0.05, 0) is 44.9 Å². The van der Waals surface area contributed by atoms with Gasteiger partial charge in [-0.25, -0.2) is 0 Å². The van der Waals surface area contributed by atoms with Crippen molar-refractivity contribution in [2.24, 2.45) is 0 Å². The van der Waals surface area contributed by atoms with E-state index in [0.717, 1.165) is 30.9 Å². The second-order valence-electron chi connectivity index (χ2n) is 6.21. The van der Waals surface area contributed by atoms with Gasteiger partial charge in [0.1, 0.15) is 0 Å². The van der Waals surface area contributed by atoms with Crippen molar-refractivity contribution in [1.29, 1.82) is 0 Å². The van der Waals surface area contributed by atoms with Crippen molar-refractivity contribution >= 4 is 11.6 Å². The number of benzene rings is 1. The first-order valence-corrected chi connectivity index (χ1v) is 7.22. The van der Waals surface area contributed by atoms with Gasteiger partial charge in [0, 0.05) is 30.9 Å². The van der Waals surface area contributed by atoms with E-state index >= 15 is 0 Å². The van der Waals surface area contributed by atoms with Crippen LogP contribution in [0.15, 0.2) is 18.2 Å². The van der Waals surface area contributed by atoms with Gasteiger partial charge >= 0.3 is 0 Å². The fourth-order valence-electron chi connectivity index (χ4n) is 2.57. The van der Waals surface area contributed by atoms with Crippen LogP contribution in [0.25, 0.3) is 0 Å². The average molecular weight is 275 g/mol. The van der Waals surface area contributed by atoms with Crippen molar-refractivity contribution in [3.63, 3.8) is 0 Å². The average Bonchev–Trinajstić information content (AvgIpc) is 2.37. The first-order chi connectivity index (χ1) is 9.40. The van der Waals surface area contributed by atoms with E-state index in [0.29, 0.717) is 6.54 Å². The Bertz CT molecular complexity index is 496. The highest BCUT2D eigenvalue weighted by molar-refractivity contribution is 5.93. The number of anilines is 1. The number of rotatable bonds is 3. The molecule has 0 saturated carbocycles. The van der Waals surface area contributed by atoms with Gasteiger partial charge in [0.2, 0.25) is 5.91 Å². The molecule has 1 aromatic carbocycles. The lowest BCUT2D eigenvalue weighted by molar-refractivity contribution is -0.119. The van der Waals surface area contributed by atoms with E-state index < -0.39 is 0 Å². The Kier molecular flexibility index (Phi) is 4.45. The van der Waals surface area contributed by atoms with Crippen LogP contribution in [0.5, 0.6) is 0 Å². The van der Waals surface area contributed by atoms with Crippen LogP contribution in [-0.2, 0) is 4.79 Å². The summed E-state index contributed by atoms with van der Waals surface area (Å²) in [6.07, 6.45) is 0. The van der Waals surface area contributed by atoms with Crippen LogP contribution >= 0.6 is 0 Å². The molecule has 0 aromatic heterocycles. The molecule has 1 aliphatic heterocycles. The van der Waals surface area contributed by atoms with Crippen LogP contribution in [0, 0.1) is 13.8 Å². The van der Waals surface area contributed by atoms with E-state index in [1.807, 2.05) is 19.1 Å². The number of hydrogen-bond acceptors (Lipinski definition) is 3. The van der Waals surface area contributed by atoms with Gasteiger partial charge in [0.05, 0.1) is 6.54 Å². The normalized spacial score (nSPS) is 18.8. The maximum Gasteiger partial charge on any atom is 0.238 e. The summed E-state index contributed by atoms with van der Waals surface area (Å²) in [6.45, 7) is 11.7. The third kappa shape index (κ3) is 3.38. The molecule has 0 spiro atoms. The molecule has 110 valence electrons. The second-order valence-corrected chi connectivity index (χ2v) is 6.21. The van der Waals surface area contributed by atoms with Crippen molar-refractivity contribution in [1.82, 2.24) is 10.2 Å². The number of carbonyl (C=O) groups is 1. The molecule has 1 heterocycles. The molecule has 1 aromatic rings. The number of nitrogens with zero attached hydrogens (tertiary/aromatic N) is 1. The summed E-state index contributed by atoms with van der Waals surface area (Å²) in [5.74, 6) is 0.0636. The number of carbonyl (C=O) groups excluding carboxylic acids is 1. The Morgan fingerprint density at radius 1 is 1.40 bits per heavy atom. The lowest BCUT2D eigenvalue weighted by atomic mass is 10.0. The third-order valence-corrected chi connectivity index (χ3v) is 4.19. The molecule has 1 saturated heterocycles. The zero-order valence-corrected chi connectivity index (χ0v) is 12.9. The first-order valence-electron chi connectivity index (χ1n) is 7.22. The lowest BCUT2D eigenvalue weighted by Gasteiger charge is -2.42. The van der Waals surface area contributed by atoms with Crippen LogP contribution in [0.4, 0.5) is 5.69 Å². The maximum atomic E-state index is 12.3. The third-order valence-electron chi connectivity index (χ3n) is 4.19. The first kappa shape index (κ1) is 15.0. The Hall–Kier alpha value is -1.39. The van der Waals surface area contributed by atoms with Gasteiger partial charge in [-0.2, -0.15) is 0 Å². The predicted octanol–water partition coefficient (Wildman–Crippen LogP) is 1.93. The van der Waals surface area contributed by atoms with Crippen LogP contribution in [0.1, 0.15) is 25.0 Å². The van der Waals surface area contributed by atoms with Gasteiger partial charge < -0.3 is 10.6 Å². The lowest BCUT2D eigenvalue weighted by Crippen LogP contribution is -2.59. The van der Waals surface area contributed by atoms with Crippen LogP contribution in [0.2, 0.25) is 0 Å². The summed E-state index contributed by atoms with van der Waals surface area (Å²) in [5, 5.41) is 6.41. The molecule has 2 N–H and O–H groups in total. The van der Waals surface area contributed by atoms with E-state index in [1.54, 1.807) is 0 Å². The molecule has 1 amide bonds. The van der Waals surface area contributed by atoms with Gasteiger partial charge in [0.15, 0.2) is 0 Å². The minimum absolute atomic E-state index is 0.0250. The molecule has 0 unspecified atom stereocenters. The summed E-state index contributed by atoms with van der Waals surface area (Å²) in [5.41, 5.74) is 3.28. The minimum atomic E-state index is 0.0250. The SMILES string of the molecule is Cc1cccc(NC(=O)CN2CCNCC2(C)C)c1C. The van der Waals surface area contributed by atoms with E-state index in [-0.39, 0.29) is 11.4 Å². The Morgan fingerprint density at radius 3 is 2.85 bits per heavy atom. The highest BCUT2D eigenvalue weighted by Crippen LogP contribution is 2.19. The molecule has 1 fully saturated rings. The molecule has 4 heteroatoms. The molecule has 0 radical (unpaired) electrons. The fourth-order valence-corrected chi connectivity index (χ4v) is 2.57. The predicted molar refractivity (Wildman–Crippen MR) is 83.1 cm³/mol. The van der Waals surface area contributed by atoms with E-state index in [4.69, 9.17) is 0 Å². The topological polar surface area (TPSA) is 44.4 Å². The van der Waals surface area contributed by atoms with Crippen LogP contribution < -0.4 is 10.6 Å². The zero-order valence-electron chi connectivity index (χ0n) is 12.9. The molecule has 4 nitrogen and oxygen atoms in total. The molecule has 20 heavy (non-hydrogen) atoms. The Labute approximate surface area is 121 Å². The van der Waals surface area contributed by atoms with Crippen molar-refractivity contribution in [3.8, 4) is 0 Å². The van der Waals surface area contributed by atoms with Crippen molar-refractivity contribution in [2.45, 2.75) is 33.2 Å². The molecule has 0 aliphatic carbocycles.